The van der Waals surface area contributed by atoms with Crippen molar-refractivity contribution in [3.05, 3.63) is 10.3 Å². The van der Waals surface area contributed by atoms with Gasteiger partial charge in [0.1, 0.15) is 10.3 Å². The molecule has 3 nitrogen and oxygen atoms in total. The van der Waals surface area contributed by atoms with Gasteiger partial charge in [0.05, 0.1) is 9.79 Å². The zero-order valence-corrected chi connectivity index (χ0v) is 12.0. The number of thioether (sulfide) groups is 2. The minimum Gasteiger partial charge on any atom is -0.324 e. The van der Waals surface area contributed by atoms with Crippen LogP contribution in [0.15, 0.2) is 9.79 Å². The van der Waals surface area contributed by atoms with E-state index in [1.807, 2.05) is 0 Å². The monoisotopic (exact) mass is 297 g/mol. The summed E-state index contributed by atoms with van der Waals surface area (Å²) in [4.78, 5) is 23.3. The van der Waals surface area contributed by atoms with Gasteiger partial charge in [0.25, 0.3) is 0 Å². The summed E-state index contributed by atoms with van der Waals surface area (Å²) in [5, 5.41) is 0.534. The van der Waals surface area contributed by atoms with E-state index in [4.69, 9.17) is 23.2 Å². The van der Waals surface area contributed by atoms with Gasteiger partial charge in [0, 0.05) is 20.9 Å². The van der Waals surface area contributed by atoms with Crippen molar-refractivity contribution in [1.29, 1.82) is 0 Å². The van der Waals surface area contributed by atoms with Crippen LogP contribution in [0.4, 0.5) is 0 Å². The molecule has 0 aliphatic heterocycles. The number of nitrogens with zero attached hydrogens (tertiary/aromatic N) is 1. The molecule has 0 saturated heterocycles. The van der Waals surface area contributed by atoms with Crippen LogP contribution >= 0.6 is 46.7 Å². The Morgan fingerprint density at radius 3 is 1.56 bits per heavy atom. The highest BCUT2D eigenvalue weighted by Gasteiger charge is 2.22. The number of carbonyl (C=O) groups excluding carboxylic acids is 2. The van der Waals surface area contributed by atoms with E-state index in [1.54, 1.807) is 11.6 Å². The average molecular weight is 298 g/mol. The molecule has 0 fully saturated rings. The molecule has 0 aromatic carbocycles. The first-order valence-corrected chi connectivity index (χ1v) is 6.64. The van der Waals surface area contributed by atoms with Crippen molar-refractivity contribution in [3.8, 4) is 0 Å². The summed E-state index contributed by atoms with van der Waals surface area (Å²) in [5.41, 5.74) is 0. The fourth-order valence-electron chi connectivity index (χ4n) is 1.04. The van der Waals surface area contributed by atoms with Gasteiger partial charge in [-0.05, 0) is 23.5 Å². The Balaban J connectivity index is 3.26. The number of carbonyl (C=O) groups is 2. The average Bonchev–Trinajstić information content (AvgIpc) is 2.34. The maximum absolute atomic E-state index is 11.1. The molecular formula is C9H9Cl2NO2S2. The van der Waals surface area contributed by atoms with E-state index in [-0.39, 0.29) is 10.2 Å². The van der Waals surface area contributed by atoms with Crippen molar-refractivity contribution >= 4 is 57.0 Å². The van der Waals surface area contributed by atoms with Crippen molar-refractivity contribution < 1.29 is 9.59 Å². The predicted molar refractivity (Wildman–Crippen MR) is 68.5 cm³/mol. The van der Waals surface area contributed by atoms with Crippen LogP contribution in [-0.4, -0.2) is 14.8 Å². The fourth-order valence-corrected chi connectivity index (χ4v) is 3.43. The topological polar surface area (TPSA) is 39.1 Å². The van der Waals surface area contributed by atoms with Crippen LogP contribution in [0.25, 0.3) is 0 Å². The van der Waals surface area contributed by atoms with Crippen molar-refractivity contribution in [2.75, 3.05) is 0 Å². The lowest BCUT2D eigenvalue weighted by molar-refractivity contribution is -0.110. The van der Waals surface area contributed by atoms with Gasteiger partial charge in [-0.3, -0.25) is 9.59 Å². The first kappa shape index (κ1) is 14.0. The molecule has 0 amide bonds. The van der Waals surface area contributed by atoms with E-state index in [1.165, 1.54) is 13.8 Å². The summed E-state index contributed by atoms with van der Waals surface area (Å²) in [6, 6.07) is 0. The van der Waals surface area contributed by atoms with Crippen LogP contribution < -0.4 is 0 Å². The van der Waals surface area contributed by atoms with E-state index >= 15 is 0 Å². The minimum atomic E-state index is -0.102. The largest absolute Gasteiger partial charge is 0.324 e. The first-order valence-electron chi connectivity index (χ1n) is 4.25. The van der Waals surface area contributed by atoms with Crippen molar-refractivity contribution in [2.45, 2.75) is 23.6 Å². The van der Waals surface area contributed by atoms with Crippen LogP contribution in [0, 0.1) is 0 Å². The Morgan fingerprint density at radius 2 is 1.31 bits per heavy atom. The smallest absolute Gasteiger partial charge is 0.190 e. The number of rotatable bonds is 2. The molecule has 0 unspecified atom stereocenters. The standard InChI is InChI=1S/C9H9Cl2NO2S2/c1-4(13)15-6-7(16-5(2)14)9(11)12(3)8(6)10/h1-3H3. The molecule has 1 rings (SSSR count). The Hall–Kier alpha value is -0.100. The molecule has 88 valence electrons. The fraction of sp³-hybridized carbons (Fsp3) is 0.333. The molecule has 1 aromatic rings. The summed E-state index contributed by atoms with van der Waals surface area (Å²) in [6.07, 6.45) is 0. The number of hydrogen-bond donors (Lipinski definition) is 0. The Bertz CT molecular complexity index is 417. The van der Waals surface area contributed by atoms with Gasteiger partial charge in [-0.25, -0.2) is 0 Å². The second-order valence-electron chi connectivity index (χ2n) is 2.99. The molecule has 0 bridgehead atoms. The number of halogens is 2. The van der Waals surface area contributed by atoms with Gasteiger partial charge in [-0.2, -0.15) is 0 Å². The zero-order chi connectivity index (χ0) is 12.5. The predicted octanol–water partition coefficient (Wildman–Crippen LogP) is 3.61. The van der Waals surface area contributed by atoms with Crippen molar-refractivity contribution in [2.24, 2.45) is 7.05 Å². The third kappa shape index (κ3) is 2.97. The second-order valence-corrected chi connectivity index (χ2v) is 6.08. The SMILES string of the molecule is CC(=O)Sc1c(SC(C)=O)c(Cl)n(C)c1Cl. The van der Waals surface area contributed by atoms with Gasteiger partial charge in [-0.1, -0.05) is 23.2 Å². The normalized spacial score (nSPS) is 10.6. The molecule has 0 N–H and O–H groups in total. The van der Waals surface area contributed by atoms with Crippen LogP contribution in [0.1, 0.15) is 13.8 Å². The molecular weight excluding hydrogens is 289 g/mol. The maximum Gasteiger partial charge on any atom is 0.190 e. The number of hydrogen-bond acceptors (Lipinski definition) is 4. The summed E-state index contributed by atoms with van der Waals surface area (Å²) in [7, 11) is 1.68. The Labute approximate surface area is 112 Å². The molecule has 1 aromatic heterocycles. The molecule has 0 aliphatic rings. The molecule has 1 heterocycles. The molecule has 0 spiro atoms. The third-order valence-corrected chi connectivity index (χ3v) is 4.68. The van der Waals surface area contributed by atoms with Crippen LogP contribution in [0.5, 0.6) is 0 Å². The van der Waals surface area contributed by atoms with E-state index in [0.29, 0.717) is 20.1 Å². The van der Waals surface area contributed by atoms with E-state index in [9.17, 15) is 9.59 Å². The molecule has 0 aliphatic carbocycles. The van der Waals surface area contributed by atoms with Gasteiger partial charge in [-0.15, -0.1) is 0 Å². The quantitative estimate of drug-likeness (QED) is 0.782. The third-order valence-electron chi connectivity index (χ3n) is 1.66. The Morgan fingerprint density at radius 1 is 1.00 bits per heavy atom. The zero-order valence-electron chi connectivity index (χ0n) is 8.84. The van der Waals surface area contributed by atoms with Crippen molar-refractivity contribution in [1.82, 2.24) is 4.57 Å². The van der Waals surface area contributed by atoms with E-state index in [0.717, 1.165) is 23.5 Å². The lowest BCUT2D eigenvalue weighted by Gasteiger charge is -1.99. The van der Waals surface area contributed by atoms with E-state index < -0.39 is 0 Å². The molecule has 0 saturated carbocycles. The van der Waals surface area contributed by atoms with Gasteiger partial charge in [0.15, 0.2) is 10.2 Å². The van der Waals surface area contributed by atoms with Crippen LogP contribution in [0.3, 0.4) is 0 Å². The van der Waals surface area contributed by atoms with Gasteiger partial charge in [0.2, 0.25) is 0 Å². The highest BCUT2D eigenvalue weighted by molar-refractivity contribution is 8.16. The minimum absolute atomic E-state index is 0.102. The molecule has 0 radical (unpaired) electrons. The second kappa shape index (κ2) is 5.49. The molecule has 16 heavy (non-hydrogen) atoms. The summed E-state index contributed by atoms with van der Waals surface area (Å²) >= 11 is 14.0. The Kier molecular flexibility index (Phi) is 4.79. The summed E-state index contributed by atoms with van der Waals surface area (Å²) in [6.45, 7) is 2.87. The van der Waals surface area contributed by atoms with Crippen LogP contribution in [0.2, 0.25) is 10.3 Å². The highest BCUT2D eigenvalue weighted by Crippen LogP contribution is 2.43. The molecule has 7 heteroatoms. The van der Waals surface area contributed by atoms with Gasteiger partial charge < -0.3 is 4.57 Å². The summed E-state index contributed by atoms with van der Waals surface area (Å²) < 4.78 is 1.54. The number of aromatic nitrogens is 1. The lowest BCUT2D eigenvalue weighted by Crippen LogP contribution is -1.86. The van der Waals surface area contributed by atoms with E-state index in [2.05, 4.69) is 0 Å². The first-order chi connectivity index (χ1) is 7.34. The summed E-state index contributed by atoms with van der Waals surface area (Å²) in [5.74, 6) is 0. The van der Waals surface area contributed by atoms with Crippen LogP contribution in [-0.2, 0) is 16.6 Å². The molecule has 0 atom stereocenters. The van der Waals surface area contributed by atoms with Crippen molar-refractivity contribution in [3.63, 3.8) is 0 Å². The lowest BCUT2D eigenvalue weighted by atomic mass is 10.6. The highest BCUT2D eigenvalue weighted by atomic mass is 35.5. The van der Waals surface area contributed by atoms with Gasteiger partial charge >= 0.3 is 0 Å². The maximum atomic E-state index is 11.1.